The van der Waals surface area contributed by atoms with Crippen LogP contribution in [-0.2, 0) is 6.42 Å². The van der Waals surface area contributed by atoms with Crippen molar-refractivity contribution in [1.82, 2.24) is 10.3 Å². The number of anilines is 1. The molecule has 0 radical (unpaired) electrons. The second kappa shape index (κ2) is 7.79. The summed E-state index contributed by atoms with van der Waals surface area (Å²) in [5, 5.41) is 3.65. The number of pyridine rings is 1. The van der Waals surface area contributed by atoms with E-state index in [9.17, 15) is 0 Å². The van der Waals surface area contributed by atoms with E-state index in [0.29, 0.717) is 6.04 Å². The third kappa shape index (κ3) is 4.57. The van der Waals surface area contributed by atoms with Crippen LogP contribution in [-0.4, -0.2) is 25.6 Å². The summed E-state index contributed by atoms with van der Waals surface area (Å²) in [4.78, 5) is 6.36. The molecule has 21 heavy (non-hydrogen) atoms. The summed E-state index contributed by atoms with van der Waals surface area (Å²) in [5.41, 5.74) is 3.84. The predicted octanol–water partition coefficient (Wildman–Crippen LogP) is 3.43. The Bertz CT molecular complexity index is 537. The maximum absolute atomic E-state index is 4.22. The van der Waals surface area contributed by atoms with Crippen molar-refractivity contribution < 1.29 is 0 Å². The molecule has 2 rings (SSSR count). The minimum Gasteiger partial charge on any atom is -0.378 e. The molecule has 1 aromatic heterocycles. The molecule has 1 unspecified atom stereocenters. The predicted molar refractivity (Wildman–Crippen MR) is 89.7 cm³/mol. The van der Waals surface area contributed by atoms with Gasteiger partial charge in [-0.2, -0.15) is 0 Å². The van der Waals surface area contributed by atoms with E-state index in [1.54, 1.807) is 0 Å². The first-order valence-electron chi connectivity index (χ1n) is 7.60. The van der Waals surface area contributed by atoms with E-state index in [4.69, 9.17) is 0 Å². The van der Waals surface area contributed by atoms with Crippen molar-refractivity contribution in [3.05, 3.63) is 59.9 Å². The summed E-state index contributed by atoms with van der Waals surface area (Å²) < 4.78 is 0. The first-order valence-corrected chi connectivity index (χ1v) is 7.60. The van der Waals surface area contributed by atoms with Gasteiger partial charge in [-0.05, 0) is 48.7 Å². The third-order valence-electron chi connectivity index (χ3n) is 3.59. The Morgan fingerprint density at radius 1 is 1.19 bits per heavy atom. The molecule has 0 fully saturated rings. The van der Waals surface area contributed by atoms with Gasteiger partial charge in [-0.3, -0.25) is 4.98 Å². The Kier molecular flexibility index (Phi) is 5.76. The van der Waals surface area contributed by atoms with Gasteiger partial charge in [-0.15, -0.1) is 0 Å². The summed E-state index contributed by atoms with van der Waals surface area (Å²) in [6.45, 7) is 3.22. The number of benzene rings is 1. The first kappa shape index (κ1) is 15.5. The lowest BCUT2D eigenvalue weighted by Gasteiger charge is -2.21. The molecule has 0 amide bonds. The van der Waals surface area contributed by atoms with Crippen LogP contribution in [0.15, 0.2) is 48.8 Å². The van der Waals surface area contributed by atoms with Gasteiger partial charge in [0.2, 0.25) is 0 Å². The lowest BCUT2D eigenvalue weighted by molar-refractivity contribution is 0.529. The monoisotopic (exact) mass is 283 g/mol. The van der Waals surface area contributed by atoms with Crippen molar-refractivity contribution >= 4 is 5.69 Å². The van der Waals surface area contributed by atoms with Gasteiger partial charge in [0.25, 0.3) is 0 Å². The molecule has 3 nitrogen and oxygen atoms in total. The number of nitrogens with zero attached hydrogens (tertiary/aromatic N) is 2. The van der Waals surface area contributed by atoms with Gasteiger partial charge >= 0.3 is 0 Å². The van der Waals surface area contributed by atoms with E-state index >= 15 is 0 Å². The van der Waals surface area contributed by atoms with E-state index < -0.39 is 0 Å². The summed E-state index contributed by atoms with van der Waals surface area (Å²) in [6.07, 6.45) is 5.88. The zero-order valence-electron chi connectivity index (χ0n) is 13.2. The molecule has 0 saturated heterocycles. The topological polar surface area (TPSA) is 28.2 Å². The molecule has 0 aliphatic rings. The Labute approximate surface area is 128 Å². The molecular formula is C18H25N3. The van der Waals surface area contributed by atoms with Crippen LogP contribution in [0, 0.1) is 0 Å². The van der Waals surface area contributed by atoms with Gasteiger partial charge in [-0.1, -0.05) is 25.1 Å². The Morgan fingerprint density at radius 3 is 2.71 bits per heavy atom. The molecule has 0 spiro atoms. The second-order valence-electron chi connectivity index (χ2n) is 5.56. The highest BCUT2D eigenvalue weighted by Crippen LogP contribution is 2.22. The molecule has 2 aromatic rings. The van der Waals surface area contributed by atoms with Crippen LogP contribution in [0.1, 0.15) is 30.5 Å². The summed E-state index contributed by atoms with van der Waals surface area (Å²) >= 11 is 0. The van der Waals surface area contributed by atoms with Crippen molar-refractivity contribution in [3.63, 3.8) is 0 Å². The Morgan fingerprint density at radius 2 is 2.05 bits per heavy atom. The van der Waals surface area contributed by atoms with E-state index in [1.807, 2.05) is 18.5 Å². The average Bonchev–Trinajstić information content (AvgIpc) is 2.52. The van der Waals surface area contributed by atoms with E-state index in [0.717, 1.165) is 19.4 Å². The summed E-state index contributed by atoms with van der Waals surface area (Å²) in [6, 6.07) is 13.2. The normalized spacial score (nSPS) is 12.1. The second-order valence-corrected chi connectivity index (χ2v) is 5.56. The Balaban J connectivity index is 2.20. The van der Waals surface area contributed by atoms with Crippen molar-refractivity contribution in [1.29, 1.82) is 0 Å². The fourth-order valence-corrected chi connectivity index (χ4v) is 2.40. The third-order valence-corrected chi connectivity index (χ3v) is 3.59. The maximum Gasteiger partial charge on any atom is 0.0364 e. The smallest absolute Gasteiger partial charge is 0.0364 e. The van der Waals surface area contributed by atoms with Gasteiger partial charge < -0.3 is 10.2 Å². The molecule has 0 aliphatic heterocycles. The van der Waals surface area contributed by atoms with E-state index in [-0.39, 0.29) is 0 Å². The van der Waals surface area contributed by atoms with Crippen molar-refractivity contribution in [2.75, 3.05) is 25.5 Å². The molecular weight excluding hydrogens is 258 g/mol. The van der Waals surface area contributed by atoms with Crippen LogP contribution in [0.3, 0.4) is 0 Å². The van der Waals surface area contributed by atoms with Crippen LogP contribution in [0.2, 0.25) is 0 Å². The van der Waals surface area contributed by atoms with Crippen LogP contribution in [0.5, 0.6) is 0 Å². The minimum absolute atomic E-state index is 0.328. The molecule has 1 heterocycles. The number of hydrogen-bond acceptors (Lipinski definition) is 3. The zero-order chi connectivity index (χ0) is 15.1. The summed E-state index contributed by atoms with van der Waals surface area (Å²) in [7, 11) is 4.16. The van der Waals surface area contributed by atoms with Crippen molar-refractivity contribution in [3.8, 4) is 0 Å². The number of aromatic nitrogens is 1. The maximum atomic E-state index is 4.22. The summed E-state index contributed by atoms with van der Waals surface area (Å²) in [5.74, 6) is 0. The minimum atomic E-state index is 0.328. The number of rotatable bonds is 7. The fraction of sp³-hybridized carbons (Fsp3) is 0.389. The molecule has 3 heteroatoms. The quantitative estimate of drug-likeness (QED) is 0.844. The standard InChI is InChI=1S/C18H25N3/c1-4-10-20-18(12-15-7-6-11-19-14-15)16-8-5-9-17(13-16)21(2)3/h5-9,11,13-14,18,20H,4,10,12H2,1-3H3. The Hall–Kier alpha value is -1.87. The SMILES string of the molecule is CCCNC(Cc1cccnc1)c1cccc(N(C)C)c1. The largest absolute Gasteiger partial charge is 0.378 e. The van der Waals surface area contributed by atoms with Crippen LogP contribution in [0.4, 0.5) is 5.69 Å². The van der Waals surface area contributed by atoms with Crippen molar-refractivity contribution in [2.45, 2.75) is 25.8 Å². The molecule has 0 aliphatic carbocycles. The first-order chi connectivity index (χ1) is 10.2. The number of hydrogen-bond donors (Lipinski definition) is 1. The van der Waals surface area contributed by atoms with Crippen LogP contribution in [0.25, 0.3) is 0 Å². The lowest BCUT2D eigenvalue weighted by Crippen LogP contribution is -2.24. The van der Waals surface area contributed by atoms with Crippen molar-refractivity contribution in [2.24, 2.45) is 0 Å². The van der Waals surface area contributed by atoms with Crippen LogP contribution < -0.4 is 10.2 Å². The highest BCUT2D eigenvalue weighted by atomic mass is 15.1. The van der Waals surface area contributed by atoms with E-state index in [2.05, 4.69) is 66.6 Å². The van der Waals surface area contributed by atoms with Gasteiger partial charge in [0.1, 0.15) is 0 Å². The van der Waals surface area contributed by atoms with Gasteiger partial charge in [0.05, 0.1) is 0 Å². The average molecular weight is 283 g/mol. The van der Waals surface area contributed by atoms with E-state index in [1.165, 1.54) is 16.8 Å². The molecule has 0 bridgehead atoms. The highest BCUT2D eigenvalue weighted by molar-refractivity contribution is 5.48. The van der Waals surface area contributed by atoms with Crippen LogP contribution >= 0.6 is 0 Å². The molecule has 1 atom stereocenters. The van der Waals surface area contributed by atoms with Gasteiger partial charge in [-0.25, -0.2) is 0 Å². The molecule has 1 N–H and O–H groups in total. The van der Waals surface area contributed by atoms with Gasteiger partial charge in [0.15, 0.2) is 0 Å². The number of nitrogens with one attached hydrogen (secondary N) is 1. The fourth-order valence-electron chi connectivity index (χ4n) is 2.40. The molecule has 112 valence electrons. The highest BCUT2D eigenvalue weighted by Gasteiger charge is 2.12. The van der Waals surface area contributed by atoms with Gasteiger partial charge in [0, 0.05) is 38.2 Å². The molecule has 1 aromatic carbocycles. The lowest BCUT2D eigenvalue weighted by atomic mass is 9.99. The zero-order valence-corrected chi connectivity index (χ0v) is 13.2. The molecule has 0 saturated carbocycles.